The minimum absolute atomic E-state index is 0.0596. The summed E-state index contributed by atoms with van der Waals surface area (Å²) in [6.07, 6.45) is 7.05. The SMILES string of the molecule is NC1=NC(CCc2ccc(NC(=O)C3(c4ccncc4)CC3)cc2)CO1. The van der Waals surface area contributed by atoms with Crippen molar-refractivity contribution in [2.75, 3.05) is 11.9 Å². The van der Waals surface area contributed by atoms with Gasteiger partial charge in [-0.25, -0.2) is 4.99 Å². The normalized spacial score (nSPS) is 20.2. The largest absolute Gasteiger partial charge is 0.463 e. The smallest absolute Gasteiger partial charge is 0.282 e. The molecule has 2 heterocycles. The summed E-state index contributed by atoms with van der Waals surface area (Å²) in [6, 6.07) is 12.3. The standard InChI is InChI=1S/C20H22N4O2/c21-19-24-17(13-26-19)6-3-14-1-4-16(5-2-14)23-18(25)20(9-10-20)15-7-11-22-12-8-15/h1-2,4-5,7-8,11-12,17H,3,6,9-10,13H2,(H2,21,24)(H,23,25). The van der Waals surface area contributed by atoms with Crippen LogP contribution in [0.15, 0.2) is 53.8 Å². The van der Waals surface area contributed by atoms with Gasteiger partial charge in [0.1, 0.15) is 6.61 Å². The average Bonchev–Trinajstić information content (AvgIpc) is 3.39. The molecule has 4 rings (SSSR count). The molecule has 0 radical (unpaired) electrons. The molecule has 0 saturated heterocycles. The van der Waals surface area contributed by atoms with Gasteiger partial charge in [-0.15, -0.1) is 0 Å². The zero-order valence-corrected chi connectivity index (χ0v) is 14.5. The Balaban J connectivity index is 1.35. The molecule has 1 aromatic heterocycles. The van der Waals surface area contributed by atoms with Crippen LogP contribution in [0.1, 0.15) is 30.4 Å². The number of aromatic nitrogens is 1. The number of nitrogens with two attached hydrogens (primary N) is 1. The maximum absolute atomic E-state index is 12.7. The minimum atomic E-state index is -0.387. The first kappa shape index (κ1) is 16.6. The quantitative estimate of drug-likeness (QED) is 0.837. The number of nitrogens with one attached hydrogen (secondary N) is 1. The van der Waals surface area contributed by atoms with Crippen LogP contribution in [-0.2, 0) is 21.4 Å². The van der Waals surface area contributed by atoms with Gasteiger partial charge in [-0.05, 0) is 61.1 Å². The van der Waals surface area contributed by atoms with Gasteiger partial charge in [-0.2, -0.15) is 0 Å². The Hall–Kier alpha value is -2.89. The Morgan fingerprint density at radius 2 is 1.92 bits per heavy atom. The summed E-state index contributed by atoms with van der Waals surface area (Å²) in [5, 5.41) is 3.06. The first-order valence-electron chi connectivity index (χ1n) is 8.93. The molecule has 1 fully saturated rings. The molecule has 1 amide bonds. The van der Waals surface area contributed by atoms with E-state index in [0.29, 0.717) is 6.61 Å². The van der Waals surface area contributed by atoms with Crippen molar-refractivity contribution >= 4 is 17.6 Å². The van der Waals surface area contributed by atoms with E-state index in [-0.39, 0.29) is 23.4 Å². The molecule has 0 bridgehead atoms. The second-order valence-electron chi connectivity index (χ2n) is 6.94. The number of amidine groups is 1. The van der Waals surface area contributed by atoms with E-state index in [4.69, 9.17) is 10.5 Å². The van der Waals surface area contributed by atoms with Gasteiger partial charge in [0.15, 0.2) is 0 Å². The van der Waals surface area contributed by atoms with Gasteiger partial charge in [-0.1, -0.05) is 12.1 Å². The molecule has 0 spiro atoms. The zero-order chi connectivity index (χ0) is 18.0. The maximum Gasteiger partial charge on any atom is 0.282 e. The Bertz CT molecular complexity index is 813. The fourth-order valence-electron chi connectivity index (χ4n) is 3.37. The number of rotatable bonds is 6. The third-order valence-electron chi connectivity index (χ3n) is 5.13. The number of anilines is 1. The monoisotopic (exact) mass is 350 g/mol. The summed E-state index contributed by atoms with van der Waals surface area (Å²) in [4.78, 5) is 21.0. The molecule has 1 saturated carbocycles. The zero-order valence-electron chi connectivity index (χ0n) is 14.5. The number of amides is 1. The Labute approximate surface area is 152 Å². The lowest BCUT2D eigenvalue weighted by Gasteiger charge is -2.16. The lowest BCUT2D eigenvalue weighted by Crippen LogP contribution is -2.27. The van der Waals surface area contributed by atoms with Crippen molar-refractivity contribution in [2.45, 2.75) is 37.1 Å². The second kappa shape index (κ2) is 6.78. The number of ether oxygens (including phenoxy) is 1. The van der Waals surface area contributed by atoms with E-state index in [9.17, 15) is 4.79 Å². The van der Waals surface area contributed by atoms with E-state index in [1.807, 2.05) is 36.4 Å². The molecule has 2 aliphatic rings. The number of hydrogen-bond acceptors (Lipinski definition) is 5. The van der Waals surface area contributed by atoms with Gasteiger partial charge in [0.05, 0.1) is 11.5 Å². The molecular formula is C20H22N4O2. The Morgan fingerprint density at radius 1 is 1.19 bits per heavy atom. The average molecular weight is 350 g/mol. The number of carbonyl (C=O) groups is 1. The molecule has 1 aromatic carbocycles. The van der Waals surface area contributed by atoms with Crippen molar-refractivity contribution in [3.63, 3.8) is 0 Å². The van der Waals surface area contributed by atoms with Crippen LogP contribution in [0.25, 0.3) is 0 Å². The molecule has 26 heavy (non-hydrogen) atoms. The van der Waals surface area contributed by atoms with Gasteiger partial charge in [0, 0.05) is 18.1 Å². The molecule has 1 atom stereocenters. The van der Waals surface area contributed by atoms with Crippen molar-refractivity contribution in [1.29, 1.82) is 0 Å². The van der Waals surface area contributed by atoms with Crippen LogP contribution in [0.5, 0.6) is 0 Å². The van der Waals surface area contributed by atoms with Gasteiger partial charge in [-0.3, -0.25) is 9.78 Å². The highest BCUT2D eigenvalue weighted by molar-refractivity contribution is 6.01. The topological polar surface area (TPSA) is 89.6 Å². The lowest BCUT2D eigenvalue weighted by atomic mass is 9.96. The van der Waals surface area contributed by atoms with Crippen molar-refractivity contribution in [1.82, 2.24) is 4.98 Å². The molecule has 1 aliphatic heterocycles. The van der Waals surface area contributed by atoms with Gasteiger partial charge < -0.3 is 15.8 Å². The minimum Gasteiger partial charge on any atom is -0.463 e. The van der Waals surface area contributed by atoms with E-state index in [0.717, 1.165) is 36.9 Å². The molecule has 6 nitrogen and oxygen atoms in total. The molecule has 6 heteroatoms. The first-order chi connectivity index (χ1) is 12.7. The third kappa shape index (κ3) is 3.40. The van der Waals surface area contributed by atoms with Crippen LogP contribution in [0, 0.1) is 0 Å². The summed E-state index contributed by atoms with van der Waals surface area (Å²) in [5.74, 6) is 0.0596. The van der Waals surface area contributed by atoms with E-state index < -0.39 is 0 Å². The Kier molecular flexibility index (Phi) is 4.32. The lowest BCUT2D eigenvalue weighted by molar-refractivity contribution is -0.118. The number of hydrogen-bond donors (Lipinski definition) is 2. The van der Waals surface area contributed by atoms with Crippen LogP contribution >= 0.6 is 0 Å². The van der Waals surface area contributed by atoms with Gasteiger partial charge >= 0.3 is 0 Å². The number of carbonyl (C=O) groups excluding carboxylic acids is 1. The van der Waals surface area contributed by atoms with Crippen molar-refractivity contribution in [3.05, 3.63) is 59.9 Å². The van der Waals surface area contributed by atoms with Crippen LogP contribution in [-0.4, -0.2) is 29.6 Å². The predicted octanol–water partition coefficient (Wildman–Crippen LogP) is 2.40. The molecule has 1 aliphatic carbocycles. The number of aryl methyl sites for hydroxylation is 1. The van der Waals surface area contributed by atoms with E-state index in [1.54, 1.807) is 12.4 Å². The Morgan fingerprint density at radius 3 is 2.54 bits per heavy atom. The van der Waals surface area contributed by atoms with Gasteiger partial charge in [0.25, 0.3) is 6.02 Å². The predicted molar refractivity (Wildman–Crippen MR) is 99.9 cm³/mol. The maximum atomic E-state index is 12.7. The van der Waals surface area contributed by atoms with E-state index in [1.165, 1.54) is 5.56 Å². The van der Waals surface area contributed by atoms with Crippen molar-refractivity contribution in [2.24, 2.45) is 10.7 Å². The fourth-order valence-corrected chi connectivity index (χ4v) is 3.37. The second-order valence-corrected chi connectivity index (χ2v) is 6.94. The highest BCUT2D eigenvalue weighted by Crippen LogP contribution is 2.48. The van der Waals surface area contributed by atoms with Crippen LogP contribution < -0.4 is 11.1 Å². The number of benzene rings is 1. The number of aliphatic imine (C=N–C) groups is 1. The van der Waals surface area contributed by atoms with E-state index >= 15 is 0 Å². The summed E-state index contributed by atoms with van der Waals surface area (Å²) < 4.78 is 5.17. The summed E-state index contributed by atoms with van der Waals surface area (Å²) in [5.41, 5.74) is 8.21. The molecule has 2 aromatic rings. The third-order valence-corrected chi connectivity index (χ3v) is 5.13. The highest BCUT2D eigenvalue weighted by atomic mass is 16.5. The summed E-state index contributed by atoms with van der Waals surface area (Å²) in [6.45, 7) is 0.567. The van der Waals surface area contributed by atoms with Crippen LogP contribution in [0.2, 0.25) is 0 Å². The molecule has 134 valence electrons. The van der Waals surface area contributed by atoms with Crippen LogP contribution in [0.3, 0.4) is 0 Å². The molecule has 1 unspecified atom stereocenters. The summed E-state index contributed by atoms with van der Waals surface area (Å²) >= 11 is 0. The van der Waals surface area contributed by atoms with E-state index in [2.05, 4.69) is 15.3 Å². The summed E-state index contributed by atoms with van der Waals surface area (Å²) in [7, 11) is 0. The molecule has 3 N–H and O–H groups in total. The highest BCUT2D eigenvalue weighted by Gasteiger charge is 2.51. The first-order valence-corrected chi connectivity index (χ1v) is 8.93. The van der Waals surface area contributed by atoms with Crippen molar-refractivity contribution < 1.29 is 9.53 Å². The molecular weight excluding hydrogens is 328 g/mol. The number of nitrogens with zero attached hydrogens (tertiary/aromatic N) is 2. The number of pyridine rings is 1. The van der Waals surface area contributed by atoms with Crippen molar-refractivity contribution in [3.8, 4) is 0 Å². The van der Waals surface area contributed by atoms with Crippen LogP contribution in [0.4, 0.5) is 5.69 Å². The van der Waals surface area contributed by atoms with Gasteiger partial charge in [0.2, 0.25) is 5.91 Å². The fraction of sp³-hybridized carbons (Fsp3) is 0.350.